The number of nitrogens with zero attached hydrogens (tertiary/aromatic N) is 3. The fraction of sp³-hybridized carbons (Fsp3) is 0.364. The fourth-order valence-electron chi connectivity index (χ4n) is 1.62. The van der Waals surface area contributed by atoms with Gasteiger partial charge in [0, 0.05) is 6.42 Å². The van der Waals surface area contributed by atoms with E-state index in [1.807, 2.05) is 0 Å². The number of aromatic amines is 1. The first-order valence-corrected chi connectivity index (χ1v) is 5.59. The molecule has 88 valence electrons. The number of hydrogen-bond donors (Lipinski definition) is 2. The molecule has 6 heteroatoms. The third-order valence-corrected chi connectivity index (χ3v) is 2.69. The van der Waals surface area contributed by atoms with E-state index in [0.717, 1.165) is 18.2 Å². The van der Waals surface area contributed by atoms with Gasteiger partial charge in [0.15, 0.2) is 0 Å². The fourth-order valence-corrected chi connectivity index (χ4v) is 1.62. The Labute approximate surface area is 97.5 Å². The normalized spacial score (nSPS) is 14.9. The first-order valence-electron chi connectivity index (χ1n) is 5.59. The topological polar surface area (TPSA) is 66.5 Å². The average molecular weight is 233 g/mol. The molecule has 5 nitrogen and oxygen atoms in total. The van der Waals surface area contributed by atoms with Crippen molar-refractivity contribution < 1.29 is 4.39 Å². The third kappa shape index (κ3) is 2.58. The summed E-state index contributed by atoms with van der Waals surface area (Å²) in [6, 6.07) is 2.89. The van der Waals surface area contributed by atoms with Crippen molar-refractivity contribution in [1.82, 2.24) is 20.2 Å². The Bertz CT molecular complexity index is 503. The van der Waals surface area contributed by atoms with Crippen LogP contribution in [0.5, 0.6) is 0 Å². The quantitative estimate of drug-likeness (QED) is 0.793. The first kappa shape index (κ1) is 10.2. The maximum atomic E-state index is 12.6. The summed E-state index contributed by atoms with van der Waals surface area (Å²) in [6.45, 7) is 0. The van der Waals surface area contributed by atoms with Gasteiger partial charge in [0.2, 0.25) is 11.9 Å². The van der Waals surface area contributed by atoms with E-state index in [-0.39, 0.29) is 0 Å². The van der Waals surface area contributed by atoms with Gasteiger partial charge in [-0.15, -0.1) is 5.10 Å². The summed E-state index contributed by atoms with van der Waals surface area (Å²) in [6.07, 6.45) is 4.93. The van der Waals surface area contributed by atoms with Gasteiger partial charge in [0.1, 0.15) is 5.82 Å². The molecule has 0 saturated heterocycles. The van der Waals surface area contributed by atoms with E-state index in [9.17, 15) is 4.39 Å². The molecule has 1 aliphatic carbocycles. The van der Waals surface area contributed by atoms with Crippen molar-refractivity contribution in [3.05, 3.63) is 30.1 Å². The second-order valence-corrected chi connectivity index (χ2v) is 4.25. The minimum Gasteiger partial charge on any atom is -0.321 e. The Morgan fingerprint density at radius 1 is 1.41 bits per heavy atom. The number of H-pyrrole nitrogens is 1. The van der Waals surface area contributed by atoms with Crippen molar-refractivity contribution in [3.63, 3.8) is 0 Å². The van der Waals surface area contributed by atoms with Gasteiger partial charge < -0.3 is 5.32 Å². The molecule has 3 rings (SSSR count). The number of aromatic nitrogens is 4. The molecule has 0 radical (unpaired) electrons. The molecule has 2 heterocycles. The Morgan fingerprint density at radius 2 is 2.29 bits per heavy atom. The van der Waals surface area contributed by atoms with Crippen LogP contribution in [0.3, 0.4) is 0 Å². The Kier molecular flexibility index (Phi) is 2.47. The van der Waals surface area contributed by atoms with Crippen LogP contribution in [-0.2, 0) is 6.42 Å². The highest BCUT2D eigenvalue weighted by Crippen LogP contribution is 2.31. The molecule has 2 aromatic heterocycles. The molecule has 0 aliphatic heterocycles. The maximum Gasteiger partial charge on any atom is 0.246 e. The van der Waals surface area contributed by atoms with E-state index in [1.165, 1.54) is 25.1 Å². The number of rotatable bonds is 4. The van der Waals surface area contributed by atoms with E-state index < -0.39 is 5.95 Å². The van der Waals surface area contributed by atoms with Crippen molar-refractivity contribution in [2.45, 2.75) is 19.3 Å². The van der Waals surface area contributed by atoms with E-state index in [4.69, 9.17) is 0 Å². The summed E-state index contributed by atoms with van der Waals surface area (Å²) in [4.78, 5) is 7.85. The summed E-state index contributed by atoms with van der Waals surface area (Å²) in [5.74, 6) is 1.65. The van der Waals surface area contributed by atoms with Gasteiger partial charge >= 0.3 is 0 Å². The Hall–Kier alpha value is -1.98. The SMILES string of the molecule is Fc1ccc(Nc2n[nH]c(CC3CC3)n2)cn1. The predicted molar refractivity (Wildman–Crippen MR) is 60.3 cm³/mol. The molecule has 0 amide bonds. The van der Waals surface area contributed by atoms with Crippen LogP contribution in [0.4, 0.5) is 16.0 Å². The lowest BCUT2D eigenvalue weighted by Crippen LogP contribution is -1.94. The molecule has 2 N–H and O–H groups in total. The van der Waals surface area contributed by atoms with Crippen molar-refractivity contribution >= 4 is 11.6 Å². The average Bonchev–Trinajstić information content (AvgIpc) is 3.02. The molecule has 1 saturated carbocycles. The van der Waals surface area contributed by atoms with E-state index >= 15 is 0 Å². The maximum absolute atomic E-state index is 12.6. The summed E-state index contributed by atoms with van der Waals surface area (Å²) >= 11 is 0. The number of nitrogens with one attached hydrogen (secondary N) is 2. The van der Waals surface area contributed by atoms with Crippen molar-refractivity contribution in [2.75, 3.05) is 5.32 Å². The van der Waals surface area contributed by atoms with Crippen LogP contribution in [0.2, 0.25) is 0 Å². The lowest BCUT2D eigenvalue weighted by atomic mass is 10.3. The minimum absolute atomic E-state index is 0.494. The zero-order valence-corrected chi connectivity index (χ0v) is 9.15. The number of halogens is 1. The molecule has 2 aromatic rings. The zero-order chi connectivity index (χ0) is 11.7. The smallest absolute Gasteiger partial charge is 0.246 e. The molecule has 0 unspecified atom stereocenters. The largest absolute Gasteiger partial charge is 0.321 e. The first-order chi connectivity index (χ1) is 8.29. The van der Waals surface area contributed by atoms with Crippen LogP contribution in [0.25, 0.3) is 0 Å². The van der Waals surface area contributed by atoms with Gasteiger partial charge in [-0.25, -0.2) is 4.98 Å². The summed E-state index contributed by atoms with van der Waals surface area (Å²) in [5.41, 5.74) is 0.670. The molecule has 1 fully saturated rings. The lowest BCUT2D eigenvalue weighted by molar-refractivity contribution is 0.584. The molecule has 0 aromatic carbocycles. The number of anilines is 2. The van der Waals surface area contributed by atoms with Crippen LogP contribution in [0, 0.1) is 11.9 Å². The van der Waals surface area contributed by atoms with Gasteiger partial charge in [-0.3, -0.25) is 5.10 Å². The van der Waals surface area contributed by atoms with Crippen LogP contribution in [-0.4, -0.2) is 20.2 Å². The lowest BCUT2D eigenvalue weighted by Gasteiger charge is -1.99. The summed E-state index contributed by atoms with van der Waals surface area (Å²) in [5, 5.41) is 9.90. The van der Waals surface area contributed by atoms with E-state index in [1.54, 1.807) is 6.07 Å². The van der Waals surface area contributed by atoms with E-state index in [0.29, 0.717) is 11.6 Å². The van der Waals surface area contributed by atoms with Crippen LogP contribution >= 0.6 is 0 Å². The summed E-state index contributed by atoms with van der Waals surface area (Å²) < 4.78 is 12.6. The van der Waals surface area contributed by atoms with Gasteiger partial charge in [0.25, 0.3) is 0 Å². The second kappa shape index (κ2) is 4.12. The Morgan fingerprint density at radius 3 is 3.00 bits per heavy atom. The summed E-state index contributed by atoms with van der Waals surface area (Å²) in [7, 11) is 0. The molecule has 0 bridgehead atoms. The van der Waals surface area contributed by atoms with Crippen LogP contribution < -0.4 is 5.32 Å². The Balaban J connectivity index is 1.67. The van der Waals surface area contributed by atoms with Crippen molar-refractivity contribution in [1.29, 1.82) is 0 Å². The standard InChI is InChI=1S/C11H12FN5/c12-9-4-3-8(6-13-9)14-11-15-10(16-17-11)5-7-1-2-7/h3-4,6-7H,1-2,5H2,(H2,14,15,16,17). The highest BCUT2D eigenvalue weighted by atomic mass is 19.1. The van der Waals surface area contributed by atoms with Crippen molar-refractivity contribution in [3.8, 4) is 0 Å². The predicted octanol–water partition coefficient (Wildman–Crippen LogP) is 2.03. The monoisotopic (exact) mass is 233 g/mol. The highest BCUT2D eigenvalue weighted by Gasteiger charge is 2.23. The zero-order valence-electron chi connectivity index (χ0n) is 9.15. The van der Waals surface area contributed by atoms with Crippen LogP contribution in [0.15, 0.2) is 18.3 Å². The third-order valence-electron chi connectivity index (χ3n) is 2.69. The number of pyridine rings is 1. The van der Waals surface area contributed by atoms with Gasteiger partial charge in [-0.05, 0) is 30.9 Å². The minimum atomic E-state index is -0.500. The molecule has 0 spiro atoms. The van der Waals surface area contributed by atoms with Gasteiger partial charge in [-0.1, -0.05) is 0 Å². The van der Waals surface area contributed by atoms with E-state index in [2.05, 4.69) is 25.5 Å². The molecular weight excluding hydrogens is 221 g/mol. The molecule has 1 aliphatic rings. The molecule has 0 atom stereocenters. The second-order valence-electron chi connectivity index (χ2n) is 4.25. The highest BCUT2D eigenvalue weighted by molar-refractivity contribution is 5.50. The number of hydrogen-bond acceptors (Lipinski definition) is 4. The van der Waals surface area contributed by atoms with Crippen molar-refractivity contribution in [2.24, 2.45) is 5.92 Å². The van der Waals surface area contributed by atoms with Gasteiger partial charge in [-0.2, -0.15) is 9.37 Å². The molecule has 17 heavy (non-hydrogen) atoms. The van der Waals surface area contributed by atoms with Crippen LogP contribution in [0.1, 0.15) is 18.7 Å². The molecular formula is C11H12FN5. The van der Waals surface area contributed by atoms with Gasteiger partial charge in [0.05, 0.1) is 11.9 Å².